The first kappa shape index (κ1) is 26.4. The molecule has 0 spiro atoms. The van der Waals surface area contributed by atoms with Crippen molar-refractivity contribution < 1.29 is 20.1 Å². The minimum absolute atomic E-state index is 0.0343. The number of hydrogen-bond acceptors (Lipinski definition) is 4. The minimum atomic E-state index is -0.715. The highest BCUT2D eigenvalue weighted by atomic mass is 16.3. The molecule has 1 amide bonds. The summed E-state index contributed by atoms with van der Waals surface area (Å²) in [7, 11) is 3.53. The van der Waals surface area contributed by atoms with Crippen molar-refractivity contribution in [1.29, 1.82) is 0 Å². The Morgan fingerprint density at radius 3 is 2.51 bits per heavy atom. The maximum Gasteiger partial charge on any atom is 0.231 e. The number of carbonyl (C=O) groups excluding carboxylic acids is 1. The number of hydrogen-bond donors (Lipinski definition) is 3. The first-order valence-electron chi connectivity index (χ1n) is 13.5. The normalized spacial score (nSPS) is 38.5. The van der Waals surface area contributed by atoms with Gasteiger partial charge < -0.3 is 20.2 Å². The first-order valence-corrected chi connectivity index (χ1v) is 13.5. The van der Waals surface area contributed by atoms with Gasteiger partial charge in [0.15, 0.2) is 0 Å². The van der Waals surface area contributed by atoms with Crippen LogP contribution in [0.3, 0.4) is 0 Å². The lowest BCUT2D eigenvalue weighted by atomic mass is 9.61. The van der Waals surface area contributed by atoms with Crippen LogP contribution in [0.1, 0.15) is 71.6 Å². The quantitative estimate of drug-likeness (QED) is 0.484. The molecule has 35 heavy (non-hydrogen) atoms. The fraction of sp³-hybridized carbons (Fsp3) is 0.700. The molecule has 0 aromatic heterocycles. The standard InChI is InChI=1S/C30H45NO4/c1-19(8-13-27(34)30(15-16-30)28(35)31(4)5)24-11-12-25-21(7-6-14-29(24,25)3)9-10-22-17-23(32)18-26(33)20(22)2/h8-10,13,19,23-27,32-34H,2,6-7,11-12,14-18H2,1,3-5H3/b13-8+,21-9+,22-10-/t19-,23-,24-,25+,26+,27-,29-/m1/s1. The zero-order valence-corrected chi connectivity index (χ0v) is 22.0. The van der Waals surface area contributed by atoms with Gasteiger partial charge in [0.1, 0.15) is 0 Å². The zero-order valence-electron chi connectivity index (χ0n) is 22.0. The van der Waals surface area contributed by atoms with Gasteiger partial charge in [0.25, 0.3) is 0 Å². The number of aliphatic hydroxyl groups excluding tert-OH is 3. The van der Waals surface area contributed by atoms with Crippen molar-refractivity contribution in [3.05, 3.63) is 47.6 Å². The molecule has 0 radical (unpaired) electrons. The Bertz CT molecular complexity index is 927. The number of carbonyl (C=O) groups is 1. The van der Waals surface area contributed by atoms with Gasteiger partial charge in [0.05, 0.1) is 23.7 Å². The summed E-state index contributed by atoms with van der Waals surface area (Å²) in [6.07, 6.45) is 14.8. The van der Waals surface area contributed by atoms with Crippen molar-refractivity contribution in [3.8, 4) is 0 Å². The van der Waals surface area contributed by atoms with Gasteiger partial charge in [-0.1, -0.05) is 50.3 Å². The average Bonchev–Trinajstić information content (AvgIpc) is 3.54. The van der Waals surface area contributed by atoms with Crippen molar-refractivity contribution in [1.82, 2.24) is 4.90 Å². The van der Waals surface area contributed by atoms with Crippen molar-refractivity contribution in [2.24, 2.45) is 28.6 Å². The molecule has 0 bridgehead atoms. The second-order valence-corrected chi connectivity index (χ2v) is 12.2. The van der Waals surface area contributed by atoms with Crippen LogP contribution in [0.25, 0.3) is 0 Å². The van der Waals surface area contributed by atoms with Crippen LogP contribution in [-0.4, -0.2) is 58.5 Å². The van der Waals surface area contributed by atoms with E-state index in [1.165, 1.54) is 31.3 Å². The average molecular weight is 484 g/mol. The molecule has 0 saturated heterocycles. The van der Waals surface area contributed by atoms with E-state index in [4.69, 9.17) is 0 Å². The predicted molar refractivity (Wildman–Crippen MR) is 139 cm³/mol. The molecule has 4 saturated carbocycles. The lowest BCUT2D eigenvalue weighted by Gasteiger charge is -2.44. The molecule has 7 atom stereocenters. The molecule has 194 valence electrons. The number of fused-ring (bicyclic) bond motifs is 1. The maximum atomic E-state index is 12.6. The molecule has 0 aromatic rings. The summed E-state index contributed by atoms with van der Waals surface area (Å²) in [6, 6.07) is 0. The highest BCUT2D eigenvalue weighted by Gasteiger charge is 2.55. The Balaban J connectivity index is 1.46. The largest absolute Gasteiger partial charge is 0.393 e. The summed E-state index contributed by atoms with van der Waals surface area (Å²) in [5, 5.41) is 31.1. The van der Waals surface area contributed by atoms with Crippen molar-refractivity contribution in [2.75, 3.05) is 14.1 Å². The van der Waals surface area contributed by atoms with Crippen LogP contribution >= 0.6 is 0 Å². The SMILES string of the molecule is C=C1/C(=C\C=C2/CCC[C@]3(C)[C@@H]([C@H](C)/C=C/[C@@H](O)C4(C(=O)N(C)C)CC4)CC[C@@H]23)C[C@@H](O)C[C@@H]1O. The molecule has 4 aliphatic rings. The third kappa shape index (κ3) is 4.97. The second kappa shape index (κ2) is 9.99. The summed E-state index contributed by atoms with van der Waals surface area (Å²) in [5.41, 5.74) is 2.81. The van der Waals surface area contributed by atoms with Gasteiger partial charge in [-0.15, -0.1) is 0 Å². The fourth-order valence-electron chi connectivity index (χ4n) is 7.42. The van der Waals surface area contributed by atoms with Crippen LogP contribution in [0.15, 0.2) is 47.6 Å². The van der Waals surface area contributed by atoms with Gasteiger partial charge in [-0.3, -0.25) is 4.79 Å². The van der Waals surface area contributed by atoms with E-state index >= 15 is 0 Å². The topological polar surface area (TPSA) is 81.0 Å². The van der Waals surface area contributed by atoms with Crippen molar-refractivity contribution >= 4 is 5.91 Å². The summed E-state index contributed by atoms with van der Waals surface area (Å²) in [5.74, 6) is 1.45. The van der Waals surface area contributed by atoms with Gasteiger partial charge in [0, 0.05) is 20.5 Å². The number of aliphatic hydroxyl groups is 3. The van der Waals surface area contributed by atoms with Crippen LogP contribution in [0, 0.1) is 28.6 Å². The third-order valence-corrected chi connectivity index (χ3v) is 9.72. The Hall–Kier alpha value is -1.69. The molecular formula is C30H45NO4. The maximum absolute atomic E-state index is 12.6. The molecule has 4 aliphatic carbocycles. The Morgan fingerprint density at radius 1 is 1.14 bits per heavy atom. The molecule has 0 heterocycles. The second-order valence-electron chi connectivity index (χ2n) is 12.2. The van der Waals surface area contributed by atoms with Gasteiger partial charge in [-0.25, -0.2) is 0 Å². The molecule has 3 N–H and O–H groups in total. The smallest absolute Gasteiger partial charge is 0.231 e. The number of rotatable bonds is 6. The summed E-state index contributed by atoms with van der Waals surface area (Å²) in [6.45, 7) is 8.77. The zero-order chi connectivity index (χ0) is 25.5. The fourth-order valence-corrected chi connectivity index (χ4v) is 7.42. The van der Waals surface area contributed by atoms with E-state index in [2.05, 4.69) is 38.7 Å². The van der Waals surface area contributed by atoms with Crippen molar-refractivity contribution in [2.45, 2.75) is 89.9 Å². The van der Waals surface area contributed by atoms with Crippen LogP contribution in [-0.2, 0) is 4.79 Å². The van der Waals surface area contributed by atoms with Gasteiger partial charge in [0.2, 0.25) is 5.91 Å². The number of nitrogens with zero attached hydrogens (tertiary/aromatic N) is 1. The van der Waals surface area contributed by atoms with Crippen LogP contribution in [0.2, 0.25) is 0 Å². The van der Waals surface area contributed by atoms with E-state index in [0.29, 0.717) is 30.6 Å². The van der Waals surface area contributed by atoms with E-state index in [9.17, 15) is 20.1 Å². The number of allylic oxidation sites excluding steroid dienone is 4. The molecule has 0 aromatic carbocycles. The van der Waals surface area contributed by atoms with E-state index in [1.807, 2.05) is 6.08 Å². The molecule has 5 nitrogen and oxygen atoms in total. The summed E-state index contributed by atoms with van der Waals surface area (Å²) in [4.78, 5) is 14.2. The minimum Gasteiger partial charge on any atom is -0.393 e. The van der Waals surface area contributed by atoms with E-state index < -0.39 is 23.7 Å². The number of amides is 1. The van der Waals surface area contributed by atoms with Gasteiger partial charge in [-0.05, 0) is 85.7 Å². The van der Waals surface area contributed by atoms with E-state index in [1.54, 1.807) is 19.0 Å². The highest BCUT2D eigenvalue weighted by Crippen LogP contribution is 2.59. The Kier molecular flexibility index (Phi) is 7.53. The van der Waals surface area contributed by atoms with Crippen LogP contribution in [0.4, 0.5) is 0 Å². The Morgan fingerprint density at radius 2 is 1.86 bits per heavy atom. The van der Waals surface area contributed by atoms with E-state index in [-0.39, 0.29) is 11.3 Å². The first-order chi connectivity index (χ1) is 16.5. The monoisotopic (exact) mass is 483 g/mol. The molecule has 0 aliphatic heterocycles. The van der Waals surface area contributed by atoms with Crippen molar-refractivity contribution in [3.63, 3.8) is 0 Å². The molecule has 4 fully saturated rings. The highest BCUT2D eigenvalue weighted by molar-refractivity contribution is 5.86. The predicted octanol–water partition coefficient (Wildman–Crippen LogP) is 4.55. The lowest BCUT2D eigenvalue weighted by molar-refractivity contribution is -0.137. The molecule has 5 heteroatoms. The third-order valence-electron chi connectivity index (χ3n) is 9.72. The molecule has 0 unspecified atom stereocenters. The molecular weight excluding hydrogens is 438 g/mol. The summed E-state index contributed by atoms with van der Waals surface area (Å²) < 4.78 is 0. The van der Waals surface area contributed by atoms with Gasteiger partial charge in [-0.2, -0.15) is 0 Å². The lowest BCUT2D eigenvalue weighted by Crippen LogP contribution is -2.38. The summed E-state index contributed by atoms with van der Waals surface area (Å²) >= 11 is 0. The molecule has 4 rings (SSSR count). The van der Waals surface area contributed by atoms with Crippen LogP contribution < -0.4 is 0 Å². The van der Waals surface area contributed by atoms with Gasteiger partial charge >= 0.3 is 0 Å². The van der Waals surface area contributed by atoms with Crippen LogP contribution in [0.5, 0.6) is 0 Å². The Labute approximate surface area is 211 Å². The van der Waals surface area contributed by atoms with E-state index in [0.717, 1.165) is 30.4 Å².